The Morgan fingerprint density at radius 1 is 1.26 bits per heavy atom. The average Bonchev–Trinajstić information content (AvgIpc) is 3.40. The van der Waals surface area contributed by atoms with E-state index in [9.17, 15) is 14.4 Å². The number of para-hydroxylation sites is 1. The fourth-order valence-electron chi connectivity index (χ4n) is 4.22. The zero-order valence-corrected chi connectivity index (χ0v) is 18.2. The van der Waals surface area contributed by atoms with Gasteiger partial charge in [0.2, 0.25) is 17.7 Å². The van der Waals surface area contributed by atoms with Gasteiger partial charge in [-0.1, -0.05) is 18.2 Å². The molecule has 1 aromatic rings. The normalized spacial score (nSPS) is 25.7. The molecule has 3 amide bonds. The number of nitrogens with two attached hydrogens (primary N) is 1. The third-order valence-corrected chi connectivity index (χ3v) is 6.13. The van der Waals surface area contributed by atoms with E-state index in [0.29, 0.717) is 13.0 Å². The van der Waals surface area contributed by atoms with Crippen LogP contribution in [0.25, 0.3) is 0 Å². The van der Waals surface area contributed by atoms with Crippen LogP contribution in [-0.2, 0) is 20.8 Å². The second kappa shape index (κ2) is 10.6. The second-order valence-corrected chi connectivity index (χ2v) is 8.17. The van der Waals surface area contributed by atoms with Crippen LogP contribution in [0.5, 0.6) is 5.75 Å². The molecule has 170 valence electrons. The van der Waals surface area contributed by atoms with Crippen molar-refractivity contribution in [3.63, 3.8) is 0 Å². The first-order chi connectivity index (χ1) is 14.9. The van der Waals surface area contributed by atoms with E-state index in [2.05, 4.69) is 22.0 Å². The minimum absolute atomic E-state index is 0.0129. The van der Waals surface area contributed by atoms with Crippen molar-refractivity contribution in [3.8, 4) is 5.75 Å². The van der Waals surface area contributed by atoms with Crippen molar-refractivity contribution in [2.45, 2.75) is 56.8 Å². The molecule has 3 aliphatic rings. The molecule has 0 bridgehead atoms. The summed E-state index contributed by atoms with van der Waals surface area (Å²) in [5.74, 6) is 0.125. The van der Waals surface area contributed by atoms with E-state index in [1.165, 1.54) is 5.56 Å². The van der Waals surface area contributed by atoms with E-state index < -0.39 is 18.0 Å². The van der Waals surface area contributed by atoms with E-state index in [0.717, 1.165) is 38.2 Å². The Balaban J connectivity index is 0.000000248. The van der Waals surface area contributed by atoms with Crippen LogP contribution in [0.3, 0.4) is 0 Å². The van der Waals surface area contributed by atoms with Crippen molar-refractivity contribution in [2.75, 3.05) is 26.7 Å². The predicted octanol–water partition coefficient (Wildman–Crippen LogP) is -0.461. The highest BCUT2D eigenvalue weighted by atomic mass is 16.5. The van der Waals surface area contributed by atoms with Crippen LogP contribution in [-0.4, -0.2) is 73.5 Å². The lowest BCUT2D eigenvalue weighted by molar-refractivity contribution is -0.143. The van der Waals surface area contributed by atoms with Gasteiger partial charge in [-0.3, -0.25) is 14.4 Å². The number of rotatable bonds is 4. The standard InChI is InChI=1S/C14H25N5O3.C8H8O/c1-8(16-2)13(21)18-10-7-17-6-5-9-3-4-11(12(15)20)19(9)14(10)22;1-2-4-8-7(3-1)5-6-9-8/h8-11,16-17H,3-7H2,1-2H3,(H2,15,20)(H,18,21);1-4H,5-6H2/t8-,9?,10?,11?;/m0./s1. The summed E-state index contributed by atoms with van der Waals surface area (Å²) in [6.45, 7) is 3.68. The van der Waals surface area contributed by atoms with E-state index in [4.69, 9.17) is 10.5 Å². The van der Waals surface area contributed by atoms with Crippen LogP contribution < -0.4 is 26.4 Å². The van der Waals surface area contributed by atoms with E-state index >= 15 is 0 Å². The summed E-state index contributed by atoms with van der Waals surface area (Å²) in [5.41, 5.74) is 6.77. The summed E-state index contributed by atoms with van der Waals surface area (Å²) in [7, 11) is 1.68. The molecule has 9 nitrogen and oxygen atoms in total. The first-order valence-corrected chi connectivity index (χ1v) is 10.9. The number of nitrogens with one attached hydrogen (secondary N) is 3. The van der Waals surface area contributed by atoms with Crippen molar-refractivity contribution in [1.82, 2.24) is 20.9 Å². The lowest BCUT2D eigenvalue weighted by Crippen LogP contribution is -2.61. The number of benzene rings is 1. The number of ether oxygens (including phenoxy) is 1. The summed E-state index contributed by atoms with van der Waals surface area (Å²) in [6, 6.07) is 6.57. The number of fused-ring (bicyclic) bond motifs is 2. The van der Waals surface area contributed by atoms with Crippen LogP contribution in [0, 0.1) is 0 Å². The number of hydrogen-bond donors (Lipinski definition) is 4. The Bertz CT molecular complexity index is 779. The molecule has 3 unspecified atom stereocenters. The van der Waals surface area contributed by atoms with Gasteiger partial charge in [0.05, 0.1) is 12.6 Å². The van der Waals surface area contributed by atoms with Crippen LogP contribution in [0.15, 0.2) is 24.3 Å². The van der Waals surface area contributed by atoms with E-state index in [1.54, 1.807) is 18.9 Å². The predicted molar refractivity (Wildman–Crippen MR) is 116 cm³/mol. The van der Waals surface area contributed by atoms with Crippen LogP contribution in [0.2, 0.25) is 0 Å². The maximum Gasteiger partial charge on any atom is 0.247 e. The van der Waals surface area contributed by atoms with Gasteiger partial charge >= 0.3 is 0 Å². The number of hydrogen-bond acceptors (Lipinski definition) is 6. The number of likely N-dealkylation sites (N-methyl/N-ethyl adjacent to an activating group) is 1. The monoisotopic (exact) mass is 431 g/mol. The maximum atomic E-state index is 12.8. The van der Waals surface area contributed by atoms with E-state index in [1.807, 2.05) is 18.2 Å². The topological polar surface area (TPSA) is 126 Å². The van der Waals surface area contributed by atoms with Crippen molar-refractivity contribution in [3.05, 3.63) is 29.8 Å². The molecule has 0 radical (unpaired) electrons. The Morgan fingerprint density at radius 3 is 2.74 bits per heavy atom. The van der Waals surface area contributed by atoms with Gasteiger partial charge in [0.1, 0.15) is 17.8 Å². The largest absolute Gasteiger partial charge is 0.493 e. The molecule has 3 heterocycles. The van der Waals surface area contributed by atoms with Gasteiger partial charge in [0.25, 0.3) is 0 Å². The molecule has 2 fully saturated rings. The van der Waals surface area contributed by atoms with Gasteiger partial charge in [-0.25, -0.2) is 0 Å². The lowest BCUT2D eigenvalue weighted by Gasteiger charge is -2.35. The molecule has 2 saturated heterocycles. The maximum absolute atomic E-state index is 12.8. The SMILES string of the molecule is CN[C@@H](C)C(=O)NC1CNCCC2CCC(C(N)=O)N2C1=O.c1ccc2c(c1)CCO2. The van der Waals surface area contributed by atoms with Crippen molar-refractivity contribution in [2.24, 2.45) is 5.73 Å². The van der Waals surface area contributed by atoms with Crippen molar-refractivity contribution in [1.29, 1.82) is 0 Å². The van der Waals surface area contributed by atoms with Gasteiger partial charge in [-0.05, 0) is 51.4 Å². The lowest BCUT2D eigenvalue weighted by atomic mass is 10.1. The highest BCUT2D eigenvalue weighted by Crippen LogP contribution is 2.27. The Morgan fingerprint density at radius 2 is 2.03 bits per heavy atom. The summed E-state index contributed by atoms with van der Waals surface area (Å²) >= 11 is 0. The second-order valence-electron chi connectivity index (χ2n) is 8.17. The van der Waals surface area contributed by atoms with Crippen molar-refractivity contribution >= 4 is 17.7 Å². The smallest absolute Gasteiger partial charge is 0.247 e. The van der Waals surface area contributed by atoms with Crippen LogP contribution in [0.4, 0.5) is 0 Å². The zero-order chi connectivity index (χ0) is 22.4. The number of nitrogens with zero attached hydrogens (tertiary/aromatic N) is 1. The molecule has 0 saturated carbocycles. The van der Waals surface area contributed by atoms with E-state index in [-0.39, 0.29) is 23.9 Å². The zero-order valence-electron chi connectivity index (χ0n) is 18.2. The summed E-state index contributed by atoms with van der Waals surface area (Å²) in [6.07, 6.45) is 3.24. The van der Waals surface area contributed by atoms with Gasteiger partial charge in [0, 0.05) is 19.0 Å². The third-order valence-electron chi connectivity index (χ3n) is 6.13. The highest BCUT2D eigenvalue weighted by Gasteiger charge is 2.43. The molecule has 31 heavy (non-hydrogen) atoms. The fraction of sp³-hybridized carbons (Fsp3) is 0.591. The summed E-state index contributed by atoms with van der Waals surface area (Å²) < 4.78 is 5.30. The van der Waals surface area contributed by atoms with Gasteiger partial charge in [-0.2, -0.15) is 0 Å². The Labute approximate surface area is 183 Å². The molecule has 4 atom stereocenters. The molecule has 5 N–H and O–H groups in total. The molecule has 0 aromatic heterocycles. The molecule has 1 aromatic carbocycles. The summed E-state index contributed by atoms with van der Waals surface area (Å²) in [4.78, 5) is 38.0. The van der Waals surface area contributed by atoms with Crippen LogP contribution >= 0.6 is 0 Å². The fourth-order valence-corrected chi connectivity index (χ4v) is 4.22. The molecular weight excluding hydrogens is 398 g/mol. The Hall–Kier alpha value is -2.65. The highest BCUT2D eigenvalue weighted by molar-refractivity contribution is 5.93. The van der Waals surface area contributed by atoms with Crippen molar-refractivity contribution < 1.29 is 19.1 Å². The molecule has 9 heteroatoms. The average molecular weight is 432 g/mol. The Kier molecular flexibility index (Phi) is 7.86. The number of carbonyl (C=O) groups is 3. The molecule has 4 rings (SSSR count). The first-order valence-electron chi connectivity index (χ1n) is 10.9. The third kappa shape index (κ3) is 5.54. The molecular formula is C22H33N5O4. The molecule has 3 aliphatic heterocycles. The molecule has 0 spiro atoms. The van der Waals surface area contributed by atoms with Gasteiger partial charge < -0.3 is 31.3 Å². The summed E-state index contributed by atoms with van der Waals surface area (Å²) in [5, 5.41) is 8.78. The van der Waals surface area contributed by atoms with Crippen LogP contribution in [0.1, 0.15) is 31.7 Å². The number of primary amides is 1. The van der Waals surface area contributed by atoms with Gasteiger partial charge in [-0.15, -0.1) is 0 Å². The van der Waals surface area contributed by atoms with Gasteiger partial charge in [0.15, 0.2) is 0 Å². The number of amides is 3. The molecule has 0 aliphatic carbocycles. The minimum atomic E-state index is -0.675. The minimum Gasteiger partial charge on any atom is -0.493 e. The number of carbonyl (C=O) groups excluding carboxylic acids is 3. The quantitative estimate of drug-likeness (QED) is 0.511. The first kappa shape index (κ1) is 23.0.